The molecule has 1 aliphatic carbocycles. The van der Waals surface area contributed by atoms with E-state index in [1.807, 2.05) is 0 Å². The average molecular weight is 355 g/mol. The summed E-state index contributed by atoms with van der Waals surface area (Å²) in [7, 11) is 0. The van der Waals surface area contributed by atoms with E-state index in [9.17, 15) is 5.26 Å². The Morgan fingerprint density at radius 3 is 2.78 bits per heavy atom. The molecule has 0 unspecified atom stereocenters. The van der Waals surface area contributed by atoms with Crippen LogP contribution in [0.1, 0.15) is 54.8 Å². The summed E-state index contributed by atoms with van der Waals surface area (Å²) in [5.74, 6) is 0. The lowest BCUT2D eigenvalue weighted by atomic mass is 9.92. The van der Waals surface area contributed by atoms with Gasteiger partial charge in [0, 0.05) is 40.9 Å². The van der Waals surface area contributed by atoms with Crippen molar-refractivity contribution in [3.8, 4) is 17.2 Å². The Morgan fingerprint density at radius 2 is 1.96 bits per heavy atom. The summed E-state index contributed by atoms with van der Waals surface area (Å²) >= 11 is 0. The molecule has 0 saturated heterocycles. The number of hydrogen-bond acceptors (Lipinski definition) is 2. The van der Waals surface area contributed by atoms with E-state index in [-0.39, 0.29) is 0 Å². The summed E-state index contributed by atoms with van der Waals surface area (Å²) in [6.45, 7) is 3.11. The molecule has 0 atom stereocenters. The Balaban J connectivity index is 1.78. The van der Waals surface area contributed by atoms with Crippen molar-refractivity contribution in [1.82, 2.24) is 4.57 Å². The summed E-state index contributed by atoms with van der Waals surface area (Å²) < 4.78 is 2.50. The molecular formula is C24H25N3. The molecule has 1 N–H and O–H groups in total. The van der Waals surface area contributed by atoms with Crippen LogP contribution < -0.4 is 5.32 Å². The maximum absolute atomic E-state index is 9.58. The Hall–Kier alpha value is -2.73. The topological polar surface area (TPSA) is 40.8 Å². The number of aryl methyl sites for hydroxylation is 1. The standard InChI is InChI=1S/C24H25N3/c1-16-12-24-21(13-17(16)14-25)22(15-27(24)18-6-2-3-7-18)19-8-4-10-23-20(19)9-5-11-26-23/h4,8,10,12-13,15,18,26H,2-3,5-7,9,11H2,1H3. The molecule has 0 spiro atoms. The van der Waals surface area contributed by atoms with Crippen LogP contribution in [0.5, 0.6) is 0 Å². The zero-order valence-corrected chi connectivity index (χ0v) is 15.9. The van der Waals surface area contributed by atoms with Crippen molar-refractivity contribution in [2.45, 2.75) is 51.5 Å². The lowest BCUT2D eigenvalue weighted by Crippen LogP contribution is -2.12. The van der Waals surface area contributed by atoms with Gasteiger partial charge in [0.25, 0.3) is 0 Å². The number of nitrogens with zero attached hydrogens (tertiary/aromatic N) is 2. The van der Waals surface area contributed by atoms with Crippen LogP contribution in [0.25, 0.3) is 22.0 Å². The van der Waals surface area contributed by atoms with Crippen LogP contribution >= 0.6 is 0 Å². The molecule has 1 saturated carbocycles. The number of anilines is 1. The first kappa shape index (κ1) is 16.4. The van der Waals surface area contributed by atoms with Crippen molar-refractivity contribution in [3.63, 3.8) is 0 Å². The molecule has 1 fully saturated rings. The second-order valence-corrected chi connectivity index (χ2v) is 8.05. The van der Waals surface area contributed by atoms with Gasteiger partial charge in [0.05, 0.1) is 11.6 Å². The van der Waals surface area contributed by atoms with Crippen LogP contribution in [-0.4, -0.2) is 11.1 Å². The number of aromatic nitrogens is 1. The quantitative estimate of drug-likeness (QED) is 0.616. The van der Waals surface area contributed by atoms with Gasteiger partial charge < -0.3 is 9.88 Å². The number of hydrogen-bond donors (Lipinski definition) is 1. The van der Waals surface area contributed by atoms with E-state index in [0.29, 0.717) is 6.04 Å². The molecule has 0 bridgehead atoms. The minimum Gasteiger partial charge on any atom is -0.385 e. The van der Waals surface area contributed by atoms with Crippen LogP contribution in [0.3, 0.4) is 0 Å². The van der Waals surface area contributed by atoms with Crippen LogP contribution in [0.2, 0.25) is 0 Å². The summed E-state index contributed by atoms with van der Waals surface area (Å²) in [5, 5.41) is 14.4. The van der Waals surface area contributed by atoms with Gasteiger partial charge in [-0.25, -0.2) is 0 Å². The smallest absolute Gasteiger partial charge is 0.0994 e. The third-order valence-corrected chi connectivity index (χ3v) is 6.40. The van der Waals surface area contributed by atoms with Gasteiger partial charge in [0.15, 0.2) is 0 Å². The van der Waals surface area contributed by atoms with E-state index < -0.39 is 0 Å². The molecule has 2 heterocycles. The Bertz CT molecular complexity index is 1060. The number of nitriles is 1. The largest absolute Gasteiger partial charge is 0.385 e. The summed E-state index contributed by atoms with van der Waals surface area (Å²) in [6, 6.07) is 13.9. The highest BCUT2D eigenvalue weighted by molar-refractivity contribution is 5.99. The number of rotatable bonds is 2. The van der Waals surface area contributed by atoms with Crippen LogP contribution in [0.15, 0.2) is 36.5 Å². The van der Waals surface area contributed by atoms with E-state index in [1.54, 1.807) is 0 Å². The molecular weight excluding hydrogens is 330 g/mol. The number of nitrogens with one attached hydrogen (secondary N) is 1. The van der Waals surface area contributed by atoms with Gasteiger partial charge in [-0.2, -0.15) is 5.26 Å². The Kier molecular flexibility index (Phi) is 3.93. The maximum atomic E-state index is 9.58. The van der Waals surface area contributed by atoms with Crippen LogP contribution in [-0.2, 0) is 6.42 Å². The first-order valence-electron chi connectivity index (χ1n) is 10.2. The summed E-state index contributed by atoms with van der Waals surface area (Å²) in [4.78, 5) is 0. The molecule has 2 aliphatic rings. The average Bonchev–Trinajstić information content (AvgIpc) is 3.34. The summed E-state index contributed by atoms with van der Waals surface area (Å²) in [5.41, 5.74) is 8.46. The zero-order chi connectivity index (χ0) is 18.4. The van der Waals surface area contributed by atoms with Gasteiger partial charge in [0.2, 0.25) is 0 Å². The minimum atomic E-state index is 0.589. The van der Waals surface area contributed by atoms with Crippen LogP contribution in [0, 0.1) is 18.3 Å². The first-order chi connectivity index (χ1) is 13.3. The van der Waals surface area contributed by atoms with Gasteiger partial charge in [-0.1, -0.05) is 25.0 Å². The Morgan fingerprint density at radius 1 is 1.11 bits per heavy atom. The monoisotopic (exact) mass is 355 g/mol. The molecule has 3 aromatic rings. The highest BCUT2D eigenvalue weighted by Crippen LogP contribution is 2.41. The molecule has 136 valence electrons. The lowest BCUT2D eigenvalue weighted by molar-refractivity contribution is 0.536. The second kappa shape index (κ2) is 6.46. The fourth-order valence-corrected chi connectivity index (χ4v) is 4.98. The van der Waals surface area contributed by atoms with Gasteiger partial charge >= 0.3 is 0 Å². The van der Waals surface area contributed by atoms with E-state index >= 15 is 0 Å². The molecule has 0 amide bonds. The molecule has 1 aliphatic heterocycles. The van der Waals surface area contributed by atoms with Crippen molar-refractivity contribution >= 4 is 16.6 Å². The number of benzene rings is 2. The zero-order valence-electron chi connectivity index (χ0n) is 15.9. The predicted molar refractivity (Wildman–Crippen MR) is 111 cm³/mol. The van der Waals surface area contributed by atoms with Gasteiger partial charge in [0.1, 0.15) is 0 Å². The van der Waals surface area contributed by atoms with Crippen molar-refractivity contribution in [2.75, 3.05) is 11.9 Å². The highest BCUT2D eigenvalue weighted by Gasteiger charge is 2.23. The van der Waals surface area contributed by atoms with E-state index in [4.69, 9.17) is 0 Å². The molecule has 1 aromatic heterocycles. The highest BCUT2D eigenvalue weighted by atomic mass is 15.0. The maximum Gasteiger partial charge on any atom is 0.0994 e. The van der Waals surface area contributed by atoms with E-state index in [1.165, 1.54) is 65.4 Å². The second-order valence-electron chi connectivity index (χ2n) is 8.05. The number of fused-ring (bicyclic) bond motifs is 2. The van der Waals surface area contributed by atoms with Crippen molar-refractivity contribution in [1.29, 1.82) is 5.26 Å². The molecule has 3 heteroatoms. The SMILES string of the molecule is Cc1cc2c(cc1C#N)c(-c1cccc3c1CCCN3)cn2C1CCCC1. The van der Waals surface area contributed by atoms with Crippen molar-refractivity contribution in [3.05, 3.63) is 53.2 Å². The predicted octanol–water partition coefficient (Wildman–Crippen LogP) is 5.96. The minimum absolute atomic E-state index is 0.589. The van der Waals surface area contributed by atoms with Crippen molar-refractivity contribution < 1.29 is 0 Å². The van der Waals surface area contributed by atoms with E-state index in [0.717, 1.165) is 24.1 Å². The molecule has 3 nitrogen and oxygen atoms in total. The fourth-order valence-electron chi connectivity index (χ4n) is 4.98. The van der Waals surface area contributed by atoms with E-state index in [2.05, 4.69) is 59.4 Å². The van der Waals surface area contributed by atoms with Crippen molar-refractivity contribution in [2.24, 2.45) is 0 Å². The lowest BCUT2D eigenvalue weighted by Gasteiger charge is -2.21. The normalized spacial score (nSPS) is 16.9. The van der Waals surface area contributed by atoms with Gasteiger partial charge in [-0.15, -0.1) is 0 Å². The summed E-state index contributed by atoms with van der Waals surface area (Å²) in [6.07, 6.45) is 9.82. The van der Waals surface area contributed by atoms with Crippen LogP contribution in [0.4, 0.5) is 5.69 Å². The molecule has 5 rings (SSSR count). The van der Waals surface area contributed by atoms with Gasteiger partial charge in [-0.3, -0.25) is 0 Å². The first-order valence-corrected chi connectivity index (χ1v) is 10.2. The third kappa shape index (κ3) is 2.63. The molecule has 2 aromatic carbocycles. The molecule has 27 heavy (non-hydrogen) atoms. The molecule has 0 radical (unpaired) electrons. The Labute approximate surface area is 160 Å². The van der Waals surface area contributed by atoms with Gasteiger partial charge in [-0.05, 0) is 67.5 Å². The third-order valence-electron chi connectivity index (χ3n) is 6.40. The fraction of sp³-hybridized carbons (Fsp3) is 0.375.